The molecule has 1 heterocycles. The van der Waals surface area contributed by atoms with Crippen LogP contribution in [0.1, 0.15) is 26.7 Å². The van der Waals surface area contributed by atoms with Crippen LogP contribution in [-0.2, 0) is 10.2 Å². The molecule has 90 valence electrons. The smallest absolute Gasteiger partial charge is 0.279 e. The van der Waals surface area contributed by atoms with E-state index in [1.807, 2.05) is 0 Å². The van der Waals surface area contributed by atoms with Crippen molar-refractivity contribution < 1.29 is 8.42 Å². The van der Waals surface area contributed by atoms with E-state index in [-0.39, 0.29) is 6.04 Å². The number of rotatable bonds is 5. The lowest BCUT2D eigenvalue weighted by Crippen LogP contribution is -2.56. The Morgan fingerprint density at radius 1 is 1.47 bits per heavy atom. The number of nitrogens with zero attached hydrogens (tertiary/aromatic N) is 1. The first kappa shape index (κ1) is 12.9. The second kappa shape index (κ2) is 5.79. The Bertz CT molecular complexity index is 277. The summed E-state index contributed by atoms with van der Waals surface area (Å²) < 4.78 is 27.9. The second-order valence-corrected chi connectivity index (χ2v) is 5.47. The third-order valence-corrected chi connectivity index (χ3v) is 4.31. The molecule has 0 bridgehead atoms. The quantitative estimate of drug-likeness (QED) is 0.700. The molecule has 0 amide bonds. The molecular formula is C9H21N3O2S. The summed E-state index contributed by atoms with van der Waals surface area (Å²) >= 11 is 0. The molecule has 1 rings (SSSR count). The van der Waals surface area contributed by atoms with Crippen LogP contribution in [0.5, 0.6) is 0 Å². The Kier molecular flexibility index (Phi) is 4.98. The Morgan fingerprint density at radius 2 is 2.20 bits per heavy atom. The van der Waals surface area contributed by atoms with Gasteiger partial charge in [-0.3, -0.25) is 0 Å². The number of hydrogen-bond donors (Lipinski definition) is 2. The molecule has 0 radical (unpaired) electrons. The van der Waals surface area contributed by atoms with Gasteiger partial charge in [0.15, 0.2) is 0 Å². The zero-order valence-corrected chi connectivity index (χ0v) is 10.3. The minimum Gasteiger partial charge on any atom is -0.314 e. The summed E-state index contributed by atoms with van der Waals surface area (Å²) in [5.74, 6) is 0. The monoisotopic (exact) mass is 235 g/mol. The molecule has 15 heavy (non-hydrogen) atoms. The topological polar surface area (TPSA) is 61.4 Å². The summed E-state index contributed by atoms with van der Waals surface area (Å²) in [6, 6.07) is 0.104. The maximum absolute atomic E-state index is 11.9. The fraction of sp³-hybridized carbons (Fsp3) is 1.00. The molecule has 6 heteroatoms. The van der Waals surface area contributed by atoms with Crippen molar-refractivity contribution >= 4 is 10.2 Å². The van der Waals surface area contributed by atoms with Gasteiger partial charge in [0.2, 0.25) is 0 Å². The Labute approximate surface area is 92.4 Å². The highest BCUT2D eigenvalue weighted by molar-refractivity contribution is 7.87. The lowest BCUT2D eigenvalue weighted by atomic mass is 10.1. The molecule has 5 nitrogen and oxygen atoms in total. The van der Waals surface area contributed by atoms with Crippen molar-refractivity contribution in [1.29, 1.82) is 0 Å². The molecule has 0 aromatic rings. The van der Waals surface area contributed by atoms with Crippen LogP contribution < -0.4 is 10.0 Å². The molecule has 1 saturated heterocycles. The number of hydrogen-bond acceptors (Lipinski definition) is 3. The number of piperazine rings is 1. The van der Waals surface area contributed by atoms with E-state index in [1.165, 1.54) is 0 Å². The molecule has 0 spiro atoms. The molecule has 1 atom stereocenters. The van der Waals surface area contributed by atoms with Crippen molar-refractivity contribution in [3.63, 3.8) is 0 Å². The summed E-state index contributed by atoms with van der Waals surface area (Å²) in [5.41, 5.74) is 0. The highest BCUT2D eigenvalue weighted by Crippen LogP contribution is 2.12. The largest absolute Gasteiger partial charge is 0.314 e. The van der Waals surface area contributed by atoms with Gasteiger partial charge in [0, 0.05) is 32.2 Å². The van der Waals surface area contributed by atoms with Crippen LogP contribution in [-0.4, -0.2) is 44.9 Å². The molecule has 1 fully saturated rings. The normalized spacial score (nSPS) is 24.3. The number of nitrogens with one attached hydrogen (secondary N) is 2. The molecule has 0 aromatic heterocycles. The first-order valence-corrected chi connectivity index (χ1v) is 7.03. The third kappa shape index (κ3) is 3.41. The van der Waals surface area contributed by atoms with E-state index >= 15 is 0 Å². The molecule has 2 N–H and O–H groups in total. The van der Waals surface area contributed by atoms with Crippen LogP contribution in [0.15, 0.2) is 0 Å². The van der Waals surface area contributed by atoms with Gasteiger partial charge < -0.3 is 5.32 Å². The van der Waals surface area contributed by atoms with E-state index in [2.05, 4.69) is 17.0 Å². The first-order valence-electron chi connectivity index (χ1n) is 5.59. The Hall–Kier alpha value is -0.170. The summed E-state index contributed by atoms with van der Waals surface area (Å²) in [7, 11) is -3.26. The Morgan fingerprint density at radius 3 is 2.80 bits per heavy atom. The van der Waals surface area contributed by atoms with Crippen LogP contribution >= 0.6 is 0 Å². The average Bonchev–Trinajstić information content (AvgIpc) is 2.19. The van der Waals surface area contributed by atoms with Gasteiger partial charge in [-0.1, -0.05) is 20.3 Å². The van der Waals surface area contributed by atoms with Crippen molar-refractivity contribution in [2.75, 3.05) is 26.2 Å². The van der Waals surface area contributed by atoms with Crippen LogP contribution in [0.3, 0.4) is 0 Å². The van der Waals surface area contributed by atoms with Gasteiger partial charge in [-0.05, 0) is 6.42 Å². The van der Waals surface area contributed by atoms with Crippen LogP contribution in [0, 0.1) is 0 Å². The molecule has 1 aliphatic heterocycles. The molecule has 0 aliphatic carbocycles. The van der Waals surface area contributed by atoms with Crippen LogP contribution in [0.4, 0.5) is 0 Å². The molecular weight excluding hydrogens is 214 g/mol. The van der Waals surface area contributed by atoms with Gasteiger partial charge in [-0.2, -0.15) is 12.7 Å². The van der Waals surface area contributed by atoms with Crippen molar-refractivity contribution in [2.45, 2.75) is 32.7 Å². The van der Waals surface area contributed by atoms with Crippen LogP contribution in [0.25, 0.3) is 0 Å². The lowest BCUT2D eigenvalue weighted by Gasteiger charge is -2.34. The Balaban J connectivity index is 2.70. The van der Waals surface area contributed by atoms with Crippen molar-refractivity contribution in [3.8, 4) is 0 Å². The highest BCUT2D eigenvalue weighted by atomic mass is 32.2. The van der Waals surface area contributed by atoms with Gasteiger partial charge >= 0.3 is 0 Å². The standard InChI is InChI=1S/C9H21N3O2S/c1-3-5-9-8-10-6-7-12(9)15(13,14)11-4-2/h9-11H,3-8H2,1-2H3. The van der Waals surface area contributed by atoms with Gasteiger partial charge in [0.1, 0.15) is 0 Å². The summed E-state index contributed by atoms with van der Waals surface area (Å²) in [5, 5.41) is 3.23. The summed E-state index contributed by atoms with van der Waals surface area (Å²) in [6.45, 7) is 6.40. The van der Waals surface area contributed by atoms with Crippen molar-refractivity contribution in [1.82, 2.24) is 14.3 Å². The third-order valence-electron chi connectivity index (χ3n) is 2.55. The molecule has 1 aliphatic rings. The van der Waals surface area contributed by atoms with Gasteiger partial charge in [0.05, 0.1) is 0 Å². The van der Waals surface area contributed by atoms with Crippen molar-refractivity contribution in [2.24, 2.45) is 0 Å². The lowest BCUT2D eigenvalue weighted by molar-refractivity contribution is 0.252. The van der Waals surface area contributed by atoms with Crippen LogP contribution in [0.2, 0.25) is 0 Å². The zero-order valence-electron chi connectivity index (χ0n) is 9.49. The van der Waals surface area contributed by atoms with E-state index < -0.39 is 10.2 Å². The summed E-state index contributed by atoms with van der Waals surface area (Å²) in [4.78, 5) is 0. The maximum atomic E-state index is 11.9. The highest BCUT2D eigenvalue weighted by Gasteiger charge is 2.30. The minimum absolute atomic E-state index is 0.104. The molecule has 1 unspecified atom stereocenters. The average molecular weight is 235 g/mol. The predicted octanol–water partition coefficient (Wildman–Crippen LogP) is -0.0854. The predicted molar refractivity (Wildman–Crippen MR) is 60.9 cm³/mol. The maximum Gasteiger partial charge on any atom is 0.279 e. The van der Waals surface area contributed by atoms with E-state index in [4.69, 9.17) is 0 Å². The van der Waals surface area contributed by atoms with Gasteiger partial charge in [-0.15, -0.1) is 0 Å². The van der Waals surface area contributed by atoms with Gasteiger partial charge in [-0.25, -0.2) is 4.72 Å². The minimum atomic E-state index is -3.26. The zero-order chi connectivity index (χ0) is 11.3. The fourth-order valence-corrected chi connectivity index (χ4v) is 3.34. The second-order valence-electron chi connectivity index (χ2n) is 3.76. The summed E-state index contributed by atoms with van der Waals surface area (Å²) in [6.07, 6.45) is 1.92. The fourth-order valence-electron chi connectivity index (χ4n) is 1.90. The van der Waals surface area contributed by atoms with E-state index in [0.717, 1.165) is 25.9 Å². The van der Waals surface area contributed by atoms with E-state index in [9.17, 15) is 8.42 Å². The van der Waals surface area contributed by atoms with Crippen molar-refractivity contribution in [3.05, 3.63) is 0 Å². The first-order chi connectivity index (χ1) is 7.11. The SMILES string of the molecule is CCCC1CNCCN1S(=O)(=O)NCC. The van der Waals surface area contributed by atoms with E-state index in [1.54, 1.807) is 11.2 Å². The van der Waals surface area contributed by atoms with Gasteiger partial charge in [0.25, 0.3) is 10.2 Å². The van der Waals surface area contributed by atoms with E-state index in [0.29, 0.717) is 13.1 Å². The molecule has 0 aromatic carbocycles. The molecule has 0 saturated carbocycles.